The van der Waals surface area contributed by atoms with Gasteiger partial charge in [0.2, 0.25) is 5.91 Å². The lowest BCUT2D eigenvalue weighted by Gasteiger charge is -2.22. The van der Waals surface area contributed by atoms with Gasteiger partial charge >= 0.3 is 5.97 Å². The van der Waals surface area contributed by atoms with Gasteiger partial charge in [0.15, 0.2) is 0 Å². The molecule has 2 atom stereocenters. The zero-order chi connectivity index (χ0) is 15.2. The van der Waals surface area contributed by atoms with Crippen molar-refractivity contribution in [1.82, 2.24) is 4.90 Å². The number of benzene rings is 1. The number of halogens is 1. The van der Waals surface area contributed by atoms with E-state index in [1.54, 1.807) is 11.8 Å². The second-order valence-corrected chi connectivity index (χ2v) is 6.84. The molecule has 0 aliphatic carbocycles. The summed E-state index contributed by atoms with van der Waals surface area (Å²) in [6, 6.07) is 5.62. The second kappa shape index (κ2) is 5.02. The lowest BCUT2D eigenvalue weighted by molar-refractivity contribution is -0.147. The first-order chi connectivity index (χ1) is 9.90. The third kappa shape index (κ3) is 2.41. The quantitative estimate of drug-likeness (QED) is 0.885. The van der Waals surface area contributed by atoms with E-state index in [-0.39, 0.29) is 18.4 Å². The highest BCUT2D eigenvalue weighted by Gasteiger charge is 2.44. The number of fused-ring (bicyclic) bond motifs is 1. The molecule has 1 amide bonds. The van der Waals surface area contributed by atoms with Gasteiger partial charge in [-0.05, 0) is 31.5 Å². The lowest BCUT2D eigenvalue weighted by atomic mass is 9.90. The molecule has 3 rings (SSSR count). The van der Waals surface area contributed by atoms with E-state index in [9.17, 15) is 14.7 Å². The van der Waals surface area contributed by atoms with E-state index in [2.05, 4.69) is 15.9 Å². The van der Waals surface area contributed by atoms with Crippen molar-refractivity contribution in [2.24, 2.45) is 5.41 Å². The first-order valence-electron chi connectivity index (χ1n) is 6.85. The number of hydrogen-bond donors (Lipinski definition) is 1. The molecule has 2 unspecified atom stereocenters. The molecule has 1 fully saturated rings. The number of likely N-dealkylation sites (tertiary alicyclic amines) is 1. The summed E-state index contributed by atoms with van der Waals surface area (Å²) in [6.07, 6.45) is 0.493. The van der Waals surface area contributed by atoms with Gasteiger partial charge in [-0.15, -0.1) is 0 Å². The van der Waals surface area contributed by atoms with E-state index < -0.39 is 11.4 Å². The molecule has 2 aliphatic rings. The van der Waals surface area contributed by atoms with E-state index in [0.29, 0.717) is 19.6 Å². The first-order valence-corrected chi connectivity index (χ1v) is 7.64. The van der Waals surface area contributed by atoms with E-state index >= 15 is 0 Å². The number of carbonyl (C=O) groups excluding carboxylic acids is 1. The number of aliphatic carboxylic acids is 1. The van der Waals surface area contributed by atoms with Crippen molar-refractivity contribution in [1.29, 1.82) is 0 Å². The molecule has 1 aromatic rings. The molecule has 6 heteroatoms. The number of carbonyl (C=O) groups is 2. The van der Waals surface area contributed by atoms with E-state index in [0.717, 1.165) is 15.8 Å². The van der Waals surface area contributed by atoms with Crippen molar-refractivity contribution in [2.75, 3.05) is 19.7 Å². The van der Waals surface area contributed by atoms with Crippen LogP contribution in [0.5, 0.6) is 5.75 Å². The average molecular weight is 354 g/mol. The molecule has 0 radical (unpaired) electrons. The standard InChI is InChI=1S/C15H16BrNO4/c1-15(14(19)20)4-5-17(8-15)13(18)11-7-21-12-3-2-9(16)6-10(11)12/h2-3,6,11H,4-5,7-8H2,1H3,(H,19,20). The van der Waals surface area contributed by atoms with Crippen LogP contribution in [0.1, 0.15) is 24.8 Å². The number of amides is 1. The van der Waals surface area contributed by atoms with Crippen LogP contribution in [-0.4, -0.2) is 41.6 Å². The molecule has 0 aromatic heterocycles. The van der Waals surface area contributed by atoms with Crippen LogP contribution in [0.2, 0.25) is 0 Å². The molecule has 0 bridgehead atoms. The van der Waals surface area contributed by atoms with E-state index in [4.69, 9.17) is 4.74 Å². The summed E-state index contributed by atoms with van der Waals surface area (Å²) in [5.74, 6) is -0.495. The molecule has 5 nitrogen and oxygen atoms in total. The third-order valence-corrected chi connectivity index (χ3v) is 4.85. The Bertz CT molecular complexity index is 618. The van der Waals surface area contributed by atoms with Crippen molar-refractivity contribution in [3.05, 3.63) is 28.2 Å². The highest BCUT2D eigenvalue weighted by atomic mass is 79.9. The Balaban J connectivity index is 1.80. The molecule has 0 spiro atoms. The maximum atomic E-state index is 12.7. The maximum absolute atomic E-state index is 12.7. The molecule has 0 saturated carbocycles. The Kier molecular flexibility index (Phi) is 3.43. The minimum Gasteiger partial charge on any atom is -0.492 e. The number of ether oxygens (including phenoxy) is 1. The first kappa shape index (κ1) is 14.4. The monoisotopic (exact) mass is 353 g/mol. The van der Waals surface area contributed by atoms with Crippen LogP contribution in [-0.2, 0) is 9.59 Å². The van der Waals surface area contributed by atoms with Gasteiger partial charge < -0.3 is 14.7 Å². The van der Waals surface area contributed by atoms with Crippen LogP contribution in [0.3, 0.4) is 0 Å². The number of hydrogen-bond acceptors (Lipinski definition) is 3. The maximum Gasteiger partial charge on any atom is 0.311 e. The molecular weight excluding hydrogens is 338 g/mol. The van der Waals surface area contributed by atoms with Crippen LogP contribution in [0.25, 0.3) is 0 Å². The highest BCUT2D eigenvalue weighted by molar-refractivity contribution is 9.10. The van der Waals surface area contributed by atoms with Gasteiger partial charge in [-0.2, -0.15) is 0 Å². The minimum absolute atomic E-state index is 0.0446. The van der Waals surface area contributed by atoms with Crippen LogP contribution < -0.4 is 4.74 Å². The Morgan fingerprint density at radius 2 is 2.24 bits per heavy atom. The topological polar surface area (TPSA) is 66.8 Å². The van der Waals surface area contributed by atoms with Crippen LogP contribution >= 0.6 is 15.9 Å². The fourth-order valence-corrected chi connectivity index (χ4v) is 3.31. The van der Waals surface area contributed by atoms with Crippen molar-refractivity contribution in [2.45, 2.75) is 19.3 Å². The Morgan fingerprint density at radius 3 is 2.90 bits per heavy atom. The lowest BCUT2D eigenvalue weighted by Crippen LogP contribution is -2.37. The number of carboxylic acids is 1. The predicted octanol–water partition coefficient (Wildman–Crippen LogP) is 2.25. The van der Waals surface area contributed by atoms with Gasteiger partial charge in [0.1, 0.15) is 18.3 Å². The zero-order valence-corrected chi connectivity index (χ0v) is 13.2. The second-order valence-electron chi connectivity index (χ2n) is 5.92. The molecular formula is C15H16BrNO4. The van der Waals surface area contributed by atoms with Crippen LogP contribution in [0.4, 0.5) is 0 Å². The Hall–Kier alpha value is -1.56. The van der Waals surface area contributed by atoms with Crippen molar-refractivity contribution < 1.29 is 19.4 Å². The van der Waals surface area contributed by atoms with Crippen molar-refractivity contribution in [3.63, 3.8) is 0 Å². The SMILES string of the molecule is CC1(C(=O)O)CCN(C(=O)C2COc3ccc(Br)cc32)C1. The number of nitrogens with zero attached hydrogens (tertiary/aromatic N) is 1. The summed E-state index contributed by atoms with van der Waals surface area (Å²) >= 11 is 3.40. The van der Waals surface area contributed by atoms with Gasteiger partial charge in [0, 0.05) is 23.1 Å². The molecule has 112 valence electrons. The molecule has 2 heterocycles. The summed E-state index contributed by atoms with van der Waals surface area (Å²) in [4.78, 5) is 25.6. The van der Waals surface area contributed by atoms with E-state index in [1.165, 1.54) is 0 Å². The van der Waals surface area contributed by atoms with Gasteiger partial charge in [-0.25, -0.2) is 0 Å². The fourth-order valence-electron chi connectivity index (χ4n) is 2.93. The highest BCUT2D eigenvalue weighted by Crippen LogP contribution is 2.39. The molecule has 1 saturated heterocycles. The molecule has 21 heavy (non-hydrogen) atoms. The number of rotatable bonds is 2. The normalized spacial score (nSPS) is 27.3. The molecule has 2 aliphatic heterocycles. The largest absolute Gasteiger partial charge is 0.492 e. The van der Waals surface area contributed by atoms with Crippen molar-refractivity contribution >= 4 is 27.8 Å². The fraction of sp³-hybridized carbons (Fsp3) is 0.467. The minimum atomic E-state index is -0.844. The summed E-state index contributed by atoms with van der Waals surface area (Å²) in [6.45, 7) is 2.77. The number of carboxylic acid groups (broad SMARTS) is 1. The van der Waals surface area contributed by atoms with Gasteiger partial charge in [0.05, 0.1) is 5.41 Å². The van der Waals surface area contributed by atoms with Gasteiger partial charge in [0.25, 0.3) is 0 Å². The zero-order valence-electron chi connectivity index (χ0n) is 11.6. The summed E-state index contributed by atoms with van der Waals surface area (Å²) in [7, 11) is 0. The smallest absolute Gasteiger partial charge is 0.311 e. The van der Waals surface area contributed by atoms with Crippen LogP contribution in [0.15, 0.2) is 22.7 Å². The third-order valence-electron chi connectivity index (χ3n) is 4.35. The summed E-state index contributed by atoms with van der Waals surface area (Å²) in [5, 5.41) is 9.26. The molecule has 1 N–H and O–H groups in total. The van der Waals surface area contributed by atoms with Gasteiger partial charge in [-0.3, -0.25) is 9.59 Å². The Labute approximate surface area is 131 Å². The summed E-state index contributed by atoms with van der Waals surface area (Å²) in [5.41, 5.74) is 0.0354. The summed E-state index contributed by atoms with van der Waals surface area (Å²) < 4.78 is 6.47. The Morgan fingerprint density at radius 1 is 1.48 bits per heavy atom. The van der Waals surface area contributed by atoms with E-state index in [1.807, 2.05) is 18.2 Å². The van der Waals surface area contributed by atoms with Gasteiger partial charge in [-0.1, -0.05) is 15.9 Å². The average Bonchev–Trinajstić information content (AvgIpc) is 3.02. The predicted molar refractivity (Wildman–Crippen MR) is 79.3 cm³/mol. The van der Waals surface area contributed by atoms with Crippen LogP contribution in [0, 0.1) is 5.41 Å². The van der Waals surface area contributed by atoms with Crippen molar-refractivity contribution in [3.8, 4) is 5.75 Å². The molecule has 1 aromatic carbocycles.